The molecule has 1 fully saturated rings. The van der Waals surface area contributed by atoms with Gasteiger partial charge < -0.3 is 4.74 Å². The lowest BCUT2D eigenvalue weighted by atomic mass is 10.2. The smallest absolute Gasteiger partial charge is 0.0799 e. The molecule has 1 saturated heterocycles. The van der Waals surface area contributed by atoms with Crippen molar-refractivity contribution >= 4 is 15.9 Å². The van der Waals surface area contributed by atoms with E-state index in [2.05, 4.69) is 38.8 Å². The molecule has 1 aromatic heterocycles. The minimum absolute atomic E-state index is 0.305. The first-order chi connectivity index (χ1) is 7.79. The SMILES string of the molecule is CC1COC(CBr)CN1Cc1ccccn1. The summed E-state index contributed by atoms with van der Waals surface area (Å²) in [5, 5.41) is 0.901. The molecule has 2 unspecified atom stereocenters. The van der Waals surface area contributed by atoms with E-state index in [0.717, 1.165) is 30.7 Å². The molecule has 88 valence electrons. The van der Waals surface area contributed by atoms with E-state index in [4.69, 9.17) is 4.74 Å². The van der Waals surface area contributed by atoms with E-state index in [1.54, 1.807) is 0 Å². The Labute approximate surface area is 105 Å². The van der Waals surface area contributed by atoms with Crippen molar-refractivity contribution in [1.82, 2.24) is 9.88 Å². The lowest BCUT2D eigenvalue weighted by molar-refractivity contribution is -0.0503. The van der Waals surface area contributed by atoms with Crippen molar-refractivity contribution in [2.24, 2.45) is 0 Å². The Kier molecular flexibility index (Phi) is 4.32. The summed E-state index contributed by atoms with van der Waals surface area (Å²) >= 11 is 3.48. The molecule has 0 aliphatic carbocycles. The summed E-state index contributed by atoms with van der Waals surface area (Å²) in [5.41, 5.74) is 1.13. The normalized spacial score (nSPS) is 26.9. The minimum Gasteiger partial charge on any atom is -0.374 e. The molecule has 0 aromatic carbocycles. The Bertz CT molecular complexity index is 320. The van der Waals surface area contributed by atoms with Crippen molar-refractivity contribution in [3.8, 4) is 0 Å². The van der Waals surface area contributed by atoms with Crippen LogP contribution < -0.4 is 0 Å². The first kappa shape index (κ1) is 12.0. The third-order valence-corrected chi connectivity index (χ3v) is 3.62. The number of pyridine rings is 1. The van der Waals surface area contributed by atoms with Gasteiger partial charge in [0.15, 0.2) is 0 Å². The summed E-state index contributed by atoms with van der Waals surface area (Å²) < 4.78 is 5.70. The fourth-order valence-electron chi connectivity index (χ4n) is 1.89. The molecule has 0 spiro atoms. The zero-order chi connectivity index (χ0) is 11.4. The van der Waals surface area contributed by atoms with Crippen LogP contribution in [-0.4, -0.2) is 40.5 Å². The van der Waals surface area contributed by atoms with E-state index < -0.39 is 0 Å². The highest BCUT2D eigenvalue weighted by Gasteiger charge is 2.25. The monoisotopic (exact) mass is 284 g/mol. The van der Waals surface area contributed by atoms with Gasteiger partial charge in [0.25, 0.3) is 0 Å². The van der Waals surface area contributed by atoms with E-state index in [1.165, 1.54) is 0 Å². The molecular formula is C12H17BrN2O. The number of alkyl halides is 1. The molecule has 0 amide bonds. The van der Waals surface area contributed by atoms with Gasteiger partial charge in [0.2, 0.25) is 0 Å². The summed E-state index contributed by atoms with van der Waals surface area (Å²) in [6.45, 7) is 4.90. The van der Waals surface area contributed by atoms with Gasteiger partial charge in [-0.15, -0.1) is 0 Å². The summed E-state index contributed by atoms with van der Waals surface area (Å²) in [6, 6.07) is 6.53. The summed E-state index contributed by atoms with van der Waals surface area (Å²) in [5.74, 6) is 0. The molecule has 0 N–H and O–H groups in total. The summed E-state index contributed by atoms with van der Waals surface area (Å²) in [6.07, 6.45) is 2.16. The van der Waals surface area contributed by atoms with E-state index in [9.17, 15) is 0 Å². The fraction of sp³-hybridized carbons (Fsp3) is 0.583. The van der Waals surface area contributed by atoms with Crippen LogP contribution in [0.3, 0.4) is 0 Å². The van der Waals surface area contributed by atoms with Crippen molar-refractivity contribution in [1.29, 1.82) is 0 Å². The van der Waals surface area contributed by atoms with Crippen LogP contribution in [0.2, 0.25) is 0 Å². The third-order valence-electron chi connectivity index (χ3n) is 2.90. The topological polar surface area (TPSA) is 25.4 Å². The second-order valence-electron chi connectivity index (χ2n) is 4.21. The standard InChI is InChI=1S/C12H17BrN2O/c1-10-9-16-12(6-13)8-15(10)7-11-4-2-3-5-14-11/h2-5,10,12H,6-9H2,1H3. The first-order valence-corrected chi connectivity index (χ1v) is 6.73. The Hall–Kier alpha value is -0.450. The van der Waals surface area contributed by atoms with Crippen molar-refractivity contribution in [3.63, 3.8) is 0 Å². The van der Waals surface area contributed by atoms with Gasteiger partial charge in [0.1, 0.15) is 0 Å². The van der Waals surface area contributed by atoms with Crippen LogP contribution in [0, 0.1) is 0 Å². The van der Waals surface area contributed by atoms with Crippen molar-refractivity contribution in [2.75, 3.05) is 18.5 Å². The van der Waals surface area contributed by atoms with Gasteiger partial charge in [-0.3, -0.25) is 9.88 Å². The number of rotatable bonds is 3. The van der Waals surface area contributed by atoms with E-state index in [-0.39, 0.29) is 0 Å². The van der Waals surface area contributed by atoms with E-state index in [1.807, 2.05) is 18.3 Å². The van der Waals surface area contributed by atoms with Crippen LogP contribution in [0.5, 0.6) is 0 Å². The van der Waals surface area contributed by atoms with Gasteiger partial charge in [-0.25, -0.2) is 0 Å². The molecule has 0 saturated carbocycles. The fourth-order valence-corrected chi connectivity index (χ4v) is 2.28. The largest absolute Gasteiger partial charge is 0.374 e. The van der Waals surface area contributed by atoms with E-state index in [0.29, 0.717) is 12.1 Å². The molecule has 2 rings (SSSR count). The molecule has 4 heteroatoms. The number of hydrogen-bond acceptors (Lipinski definition) is 3. The average Bonchev–Trinajstić information content (AvgIpc) is 2.33. The van der Waals surface area contributed by atoms with Gasteiger partial charge >= 0.3 is 0 Å². The molecule has 2 atom stereocenters. The molecule has 1 aromatic rings. The Morgan fingerprint density at radius 2 is 2.44 bits per heavy atom. The third kappa shape index (κ3) is 3.03. The maximum absolute atomic E-state index is 5.70. The highest BCUT2D eigenvalue weighted by Crippen LogP contribution is 2.15. The molecule has 1 aliphatic rings. The van der Waals surface area contributed by atoms with Crippen LogP contribution in [0.4, 0.5) is 0 Å². The molecule has 16 heavy (non-hydrogen) atoms. The van der Waals surface area contributed by atoms with Crippen LogP contribution in [0.15, 0.2) is 24.4 Å². The van der Waals surface area contributed by atoms with Crippen molar-refractivity contribution < 1.29 is 4.74 Å². The summed E-state index contributed by atoms with van der Waals surface area (Å²) in [7, 11) is 0. The van der Waals surface area contributed by atoms with Gasteiger partial charge in [-0.05, 0) is 19.1 Å². The minimum atomic E-state index is 0.305. The highest BCUT2D eigenvalue weighted by atomic mass is 79.9. The number of morpholine rings is 1. The number of nitrogens with zero attached hydrogens (tertiary/aromatic N) is 2. The van der Waals surface area contributed by atoms with Gasteiger partial charge in [-0.2, -0.15) is 0 Å². The number of hydrogen-bond donors (Lipinski definition) is 0. The van der Waals surface area contributed by atoms with Crippen LogP contribution >= 0.6 is 15.9 Å². The summed E-state index contributed by atoms with van der Waals surface area (Å²) in [4.78, 5) is 6.79. The number of halogens is 1. The predicted molar refractivity (Wildman–Crippen MR) is 67.6 cm³/mol. The van der Waals surface area contributed by atoms with Crippen LogP contribution in [-0.2, 0) is 11.3 Å². The Morgan fingerprint density at radius 1 is 1.56 bits per heavy atom. The Balaban J connectivity index is 1.97. The molecule has 1 aliphatic heterocycles. The molecule has 3 nitrogen and oxygen atoms in total. The second-order valence-corrected chi connectivity index (χ2v) is 4.86. The number of aromatic nitrogens is 1. The maximum Gasteiger partial charge on any atom is 0.0799 e. The first-order valence-electron chi connectivity index (χ1n) is 5.61. The zero-order valence-corrected chi connectivity index (χ0v) is 11.1. The van der Waals surface area contributed by atoms with Crippen LogP contribution in [0.25, 0.3) is 0 Å². The Morgan fingerprint density at radius 3 is 3.12 bits per heavy atom. The van der Waals surface area contributed by atoms with Crippen LogP contribution in [0.1, 0.15) is 12.6 Å². The molecule has 0 radical (unpaired) electrons. The van der Waals surface area contributed by atoms with Gasteiger partial charge in [0, 0.05) is 30.7 Å². The van der Waals surface area contributed by atoms with Crippen molar-refractivity contribution in [2.45, 2.75) is 25.6 Å². The molecule has 2 heterocycles. The lowest BCUT2D eigenvalue weighted by Crippen LogP contribution is -2.48. The molecular weight excluding hydrogens is 268 g/mol. The quantitative estimate of drug-likeness (QED) is 0.795. The van der Waals surface area contributed by atoms with Gasteiger partial charge in [0.05, 0.1) is 18.4 Å². The van der Waals surface area contributed by atoms with E-state index >= 15 is 0 Å². The van der Waals surface area contributed by atoms with Gasteiger partial charge in [-0.1, -0.05) is 22.0 Å². The second kappa shape index (κ2) is 5.75. The lowest BCUT2D eigenvalue weighted by Gasteiger charge is -2.37. The molecule has 0 bridgehead atoms. The average molecular weight is 285 g/mol. The number of ether oxygens (including phenoxy) is 1. The van der Waals surface area contributed by atoms with Crippen molar-refractivity contribution in [3.05, 3.63) is 30.1 Å². The predicted octanol–water partition coefficient (Wildman–Crippen LogP) is 2.07. The highest BCUT2D eigenvalue weighted by molar-refractivity contribution is 9.09. The maximum atomic E-state index is 5.70. The zero-order valence-electron chi connectivity index (χ0n) is 9.47.